The van der Waals surface area contributed by atoms with Crippen LogP contribution in [0.5, 0.6) is 5.75 Å². The van der Waals surface area contributed by atoms with Crippen LogP contribution in [0.25, 0.3) is 0 Å². The lowest BCUT2D eigenvalue weighted by atomic mass is 9.94. The van der Waals surface area contributed by atoms with E-state index >= 15 is 0 Å². The number of aliphatic hydroxyl groups is 1. The topological polar surface area (TPSA) is 70.6 Å². The number of anilines is 1. The van der Waals surface area contributed by atoms with Gasteiger partial charge in [0.1, 0.15) is 5.75 Å². The number of hydrogen-bond donors (Lipinski definition) is 3. The Morgan fingerprint density at radius 3 is 2.77 bits per heavy atom. The summed E-state index contributed by atoms with van der Waals surface area (Å²) >= 11 is 0. The fraction of sp³-hybridized carbons (Fsp3) is 0.588. The molecular weight excluding hydrogens is 280 g/mol. The molecular formula is C17H28N2O3. The highest BCUT2D eigenvalue weighted by Gasteiger charge is 2.12. The molecule has 124 valence electrons. The summed E-state index contributed by atoms with van der Waals surface area (Å²) in [7, 11) is 0. The average Bonchev–Trinajstić information content (AvgIpc) is 2.45. The van der Waals surface area contributed by atoms with Crippen LogP contribution in [-0.2, 0) is 0 Å². The number of benzene rings is 1. The first kappa shape index (κ1) is 18.3. The molecule has 3 N–H and O–H groups in total. The highest BCUT2D eigenvalue weighted by atomic mass is 16.5. The molecule has 0 aliphatic carbocycles. The summed E-state index contributed by atoms with van der Waals surface area (Å²) in [4.78, 5) is 12.0. The van der Waals surface area contributed by atoms with Crippen LogP contribution < -0.4 is 15.4 Å². The lowest BCUT2D eigenvalue weighted by Crippen LogP contribution is -2.33. The number of ether oxygens (including phenoxy) is 1. The van der Waals surface area contributed by atoms with Gasteiger partial charge in [-0.3, -0.25) is 0 Å². The highest BCUT2D eigenvalue weighted by molar-refractivity contribution is 5.89. The maximum absolute atomic E-state index is 12.0. The molecule has 22 heavy (non-hydrogen) atoms. The smallest absolute Gasteiger partial charge is 0.319 e. The molecule has 5 heteroatoms. The van der Waals surface area contributed by atoms with Crippen LogP contribution in [0.15, 0.2) is 24.3 Å². The SMILES string of the molecule is CCOc1cccc(NC(=O)NCC(CCO)CC(C)C)c1. The van der Waals surface area contributed by atoms with Crippen molar-refractivity contribution >= 4 is 11.7 Å². The van der Waals surface area contributed by atoms with E-state index in [-0.39, 0.29) is 12.6 Å². The Kier molecular flexibility index (Phi) is 8.36. The molecule has 0 saturated carbocycles. The van der Waals surface area contributed by atoms with E-state index in [1.807, 2.05) is 25.1 Å². The number of carbonyl (C=O) groups excluding carboxylic acids is 1. The molecule has 0 heterocycles. The van der Waals surface area contributed by atoms with Gasteiger partial charge in [-0.15, -0.1) is 0 Å². The zero-order valence-corrected chi connectivity index (χ0v) is 13.8. The average molecular weight is 308 g/mol. The van der Waals surface area contributed by atoms with Gasteiger partial charge in [-0.05, 0) is 43.7 Å². The third-order valence-electron chi connectivity index (χ3n) is 3.30. The molecule has 1 aromatic carbocycles. The Hall–Kier alpha value is -1.75. The second kappa shape index (κ2) is 10.1. The summed E-state index contributed by atoms with van der Waals surface area (Å²) in [6, 6.07) is 7.07. The summed E-state index contributed by atoms with van der Waals surface area (Å²) < 4.78 is 5.40. The van der Waals surface area contributed by atoms with Gasteiger partial charge in [0.2, 0.25) is 0 Å². The van der Waals surface area contributed by atoms with Gasteiger partial charge < -0.3 is 20.5 Å². The van der Waals surface area contributed by atoms with E-state index in [0.717, 1.165) is 12.2 Å². The van der Waals surface area contributed by atoms with E-state index in [9.17, 15) is 4.79 Å². The molecule has 0 spiro atoms. The molecule has 0 saturated heterocycles. The predicted molar refractivity (Wildman–Crippen MR) is 89.3 cm³/mol. The van der Waals surface area contributed by atoms with E-state index in [1.54, 1.807) is 6.07 Å². The van der Waals surface area contributed by atoms with Crippen LogP contribution in [0.3, 0.4) is 0 Å². The van der Waals surface area contributed by atoms with Gasteiger partial charge in [0.05, 0.1) is 6.61 Å². The molecule has 1 unspecified atom stereocenters. The Labute approximate surface area is 133 Å². The minimum Gasteiger partial charge on any atom is -0.494 e. The van der Waals surface area contributed by atoms with E-state index < -0.39 is 0 Å². The third kappa shape index (κ3) is 7.31. The molecule has 0 aliphatic heterocycles. The molecule has 0 aliphatic rings. The van der Waals surface area contributed by atoms with Crippen LogP contribution in [0.4, 0.5) is 10.5 Å². The highest BCUT2D eigenvalue weighted by Crippen LogP contribution is 2.17. The van der Waals surface area contributed by atoms with Crippen LogP contribution in [0.2, 0.25) is 0 Å². The third-order valence-corrected chi connectivity index (χ3v) is 3.30. The van der Waals surface area contributed by atoms with Crippen LogP contribution in [-0.4, -0.2) is 30.9 Å². The molecule has 1 rings (SSSR count). The first-order valence-electron chi connectivity index (χ1n) is 7.93. The van der Waals surface area contributed by atoms with Crippen molar-refractivity contribution in [1.29, 1.82) is 0 Å². The standard InChI is InChI=1S/C17H28N2O3/c1-4-22-16-7-5-6-15(11-16)19-17(21)18-12-14(8-9-20)10-13(2)3/h5-7,11,13-14,20H,4,8-10,12H2,1-3H3,(H2,18,19,21). The summed E-state index contributed by atoms with van der Waals surface area (Å²) in [5.41, 5.74) is 0.700. The molecule has 0 bridgehead atoms. The van der Waals surface area contributed by atoms with Crippen molar-refractivity contribution in [2.24, 2.45) is 11.8 Å². The van der Waals surface area contributed by atoms with Gasteiger partial charge in [-0.25, -0.2) is 4.79 Å². The first-order valence-corrected chi connectivity index (χ1v) is 7.93. The molecule has 2 amide bonds. The normalized spacial score (nSPS) is 12.0. The van der Waals surface area contributed by atoms with Crippen molar-refractivity contribution in [3.05, 3.63) is 24.3 Å². The van der Waals surface area contributed by atoms with Crippen molar-refractivity contribution in [2.75, 3.05) is 25.1 Å². The number of amides is 2. The van der Waals surface area contributed by atoms with Gasteiger partial charge in [-0.1, -0.05) is 19.9 Å². The van der Waals surface area contributed by atoms with Crippen molar-refractivity contribution in [1.82, 2.24) is 5.32 Å². The van der Waals surface area contributed by atoms with Crippen LogP contribution in [0.1, 0.15) is 33.6 Å². The summed E-state index contributed by atoms with van der Waals surface area (Å²) in [5, 5.41) is 14.8. The van der Waals surface area contributed by atoms with E-state index in [4.69, 9.17) is 9.84 Å². The Balaban J connectivity index is 2.46. The van der Waals surface area contributed by atoms with Crippen LogP contribution >= 0.6 is 0 Å². The number of urea groups is 1. The zero-order chi connectivity index (χ0) is 16.4. The summed E-state index contributed by atoms with van der Waals surface area (Å²) in [6.45, 7) is 7.51. The first-order chi connectivity index (χ1) is 10.5. The van der Waals surface area contributed by atoms with Gasteiger partial charge in [0.25, 0.3) is 0 Å². The Morgan fingerprint density at radius 2 is 2.14 bits per heavy atom. The second-order valence-electron chi connectivity index (χ2n) is 5.80. The minimum atomic E-state index is -0.236. The van der Waals surface area contributed by atoms with Gasteiger partial charge in [-0.2, -0.15) is 0 Å². The molecule has 1 aromatic rings. The van der Waals surface area contributed by atoms with Gasteiger partial charge >= 0.3 is 6.03 Å². The number of aliphatic hydroxyl groups excluding tert-OH is 1. The zero-order valence-electron chi connectivity index (χ0n) is 13.8. The largest absolute Gasteiger partial charge is 0.494 e. The molecule has 0 fully saturated rings. The number of carbonyl (C=O) groups is 1. The summed E-state index contributed by atoms with van der Waals surface area (Å²) in [5.74, 6) is 1.58. The van der Waals surface area contributed by atoms with E-state index in [2.05, 4.69) is 24.5 Å². The molecule has 0 aromatic heterocycles. The summed E-state index contributed by atoms with van der Waals surface area (Å²) in [6.07, 6.45) is 1.69. The van der Waals surface area contributed by atoms with Crippen molar-refractivity contribution < 1.29 is 14.6 Å². The van der Waals surface area contributed by atoms with Crippen molar-refractivity contribution in [3.63, 3.8) is 0 Å². The van der Waals surface area contributed by atoms with Crippen LogP contribution in [0, 0.1) is 11.8 Å². The minimum absolute atomic E-state index is 0.150. The van der Waals surface area contributed by atoms with Crippen molar-refractivity contribution in [2.45, 2.75) is 33.6 Å². The fourth-order valence-electron chi connectivity index (χ4n) is 2.40. The van der Waals surface area contributed by atoms with Gasteiger partial charge in [0.15, 0.2) is 0 Å². The van der Waals surface area contributed by atoms with E-state index in [0.29, 0.717) is 37.1 Å². The predicted octanol–water partition coefficient (Wildman–Crippen LogP) is 3.25. The Bertz CT molecular complexity index is 449. The lowest BCUT2D eigenvalue weighted by molar-refractivity contribution is 0.231. The number of hydrogen-bond acceptors (Lipinski definition) is 3. The van der Waals surface area contributed by atoms with E-state index in [1.165, 1.54) is 0 Å². The van der Waals surface area contributed by atoms with Crippen molar-refractivity contribution in [3.8, 4) is 5.75 Å². The molecule has 5 nitrogen and oxygen atoms in total. The lowest BCUT2D eigenvalue weighted by Gasteiger charge is -2.19. The van der Waals surface area contributed by atoms with Gasteiger partial charge in [0, 0.05) is 24.9 Å². The second-order valence-corrected chi connectivity index (χ2v) is 5.80. The maximum atomic E-state index is 12.0. The number of nitrogens with one attached hydrogen (secondary N) is 2. The Morgan fingerprint density at radius 1 is 1.36 bits per heavy atom. The maximum Gasteiger partial charge on any atom is 0.319 e. The fourth-order valence-corrected chi connectivity index (χ4v) is 2.40. The quantitative estimate of drug-likeness (QED) is 0.656. The number of rotatable bonds is 9. The molecule has 0 radical (unpaired) electrons. The molecule has 1 atom stereocenters. The monoisotopic (exact) mass is 308 g/mol.